The zero-order valence-corrected chi connectivity index (χ0v) is 16.4. The molecule has 134 valence electrons. The molecule has 0 bridgehead atoms. The quantitative estimate of drug-likeness (QED) is 0.308. The van der Waals surface area contributed by atoms with Crippen LogP contribution in [0.3, 0.4) is 0 Å². The minimum Gasteiger partial charge on any atom is -0.378 e. The number of benzene rings is 3. The maximum atomic E-state index is 12.5. The third-order valence-electron chi connectivity index (χ3n) is 3.73. The predicted molar refractivity (Wildman–Crippen MR) is 108 cm³/mol. The maximum Gasteiger partial charge on any atom is 0.339 e. The lowest BCUT2D eigenvalue weighted by Gasteiger charge is -2.10. The molecule has 0 atom stereocenters. The topological polar surface area (TPSA) is 67.2 Å². The van der Waals surface area contributed by atoms with E-state index < -0.39 is 10.1 Å². The smallest absolute Gasteiger partial charge is 0.339 e. The van der Waals surface area contributed by atoms with Crippen molar-refractivity contribution in [2.24, 2.45) is 0 Å². The molecule has 0 fully saturated rings. The minimum atomic E-state index is -3.97. The van der Waals surface area contributed by atoms with Gasteiger partial charge in [-0.25, -0.2) is 0 Å². The Kier molecular flexibility index (Phi) is 5.75. The van der Waals surface area contributed by atoms with Gasteiger partial charge in [-0.2, -0.15) is 13.7 Å². The summed E-state index contributed by atoms with van der Waals surface area (Å²) in [6.45, 7) is 0. The molecule has 4 nitrogen and oxygen atoms in total. The van der Waals surface area contributed by atoms with Gasteiger partial charge in [-0.05, 0) is 42.0 Å². The number of nitrogens with zero attached hydrogens (tertiary/aromatic N) is 1. The van der Waals surface area contributed by atoms with Crippen LogP contribution in [0.25, 0.3) is 11.6 Å². The number of hydrogen-bond donors (Lipinski definition) is 0. The first-order valence-electron chi connectivity index (χ1n) is 7.96. The fourth-order valence-corrected chi connectivity index (χ4v) is 3.63. The summed E-state index contributed by atoms with van der Waals surface area (Å²) in [7, 11) is -3.97. The fourth-order valence-electron chi connectivity index (χ4n) is 2.39. The van der Waals surface area contributed by atoms with Gasteiger partial charge in [0.1, 0.15) is 10.6 Å². The van der Waals surface area contributed by atoms with Crippen LogP contribution in [0.15, 0.2) is 88.2 Å². The first kappa shape index (κ1) is 18.9. The zero-order valence-electron chi connectivity index (χ0n) is 14.0. The van der Waals surface area contributed by atoms with Crippen molar-refractivity contribution in [1.82, 2.24) is 0 Å². The molecule has 0 amide bonds. The van der Waals surface area contributed by atoms with Gasteiger partial charge in [0.2, 0.25) is 0 Å². The van der Waals surface area contributed by atoms with Crippen molar-refractivity contribution >= 4 is 37.7 Å². The second-order valence-corrected chi connectivity index (χ2v) is 8.03. The third-order valence-corrected chi connectivity index (χ3v) is 5.50. The SMILES string of the molecule is N#C/C(=C\c1ccccc1OS(=O)(=O)c1ccccc1)c1ccc(Br)cc1. The van der Waals surface area contributed by atoms with Crippen molar-refractivity contribution in [3.63, 3.8) is 0 Å². The molecule has 0 saturated carbocycles. The molecule has 27 heavy (non-hydrogen) atoms. The number of halogens is 1. The van der Waals surface area contributed by atoms with Crippen molar-refractivity contribution in [3.05, 3.63) is 94.5 Å². The van der Waals surface area contributed by atoms with E-state index in [1.54, 1.807) is 48.5 Å². The fraction of sp³-hybridized carbons (Fsp3) is 0. The van der Waals surface area contributed by atoms with Gasteiger partial charge in [0.05, 0.1) is 11.6 Å². The van der Waals surface area contributed by atoms with E-state index >= 15 is 0 Å². The van der Waals surface area contributed by atoms with E-state index in [2.05, 4.69) is 22.0 Å². The van der Waals surface area contributed by atoms with Crippen molar-refractivity contribution in [1.29, 1.82) is 5.26 Å². The van der Waals surface area contributed by atoms with Crippen LogP contribution in [0.5, 0.6) is 5.75 Å². The van der Waals surface area contributed by atoms with Crippen LogP contribution in [0.2, 0.25) is 0 Å². The normalized spacial score (nSPS) is 11.6. The van der Waals surface area contributed by atoms with E-state index in [0.29, 0.717) is 11.1 Å². The molecule has 0 spiro atoms. The lowest BCUT2D eigenvalue weighted by atomic mass is 10.0. The molecule has 0 N–H and O–H groups in total. The van der Waals surface area contributed by atoms with E-state index in [4.69, 9.17) is 4.18 Å². The highest BCUT2D eigenvalue weighted by Crippen LogP contribution is 2.27. The highest BCUT2D eigenvalue weighted by molar-refractivity contribution is 9.10. The number of rotatable bonds is 5. The van der Waals surface area contributed by atoms with Crippen molar-refractivity contribution in [2.45, 2.75) is 4.90 Å². The molecule has 0 aliphatic heterocycles. The van der Waals surface area contributed by atoms with E-state index in [1.807, 2.05) is 24.3 Å². The third kappa shape index (κ3) is 4.64. The molecular formula is C21H14BrNO3S. The molecule has 0 saturated heterocycles. The van der Waals surface area contributed by atoms with Gasteiger partial charge in [-0.15, -0.1) is 0 Å². The van der Waals surface area contributed by atoms with Crippen LogP contribution >= 0.6 is 15.9 Å². The molecule has 0 heterocycles. The van der Waals surface area contributed by atoms with Gasteiger partial charge in [0.25, 0.3) is 0 Å². The Balaban J connectivity index is 1.99. The molecular weight excluding hydrogens is 426 g/mol. The number of para-hydroxylation sites is 1. The van der Waals surface area contributed by atoms with Gasteiger partial charge in [0.15, 0.2) is 0 Å². The zero-order chi connectivity index (χ0) is 19.3. The van der Waals surface area contributed by atoms with Crippen molar-refractivity contribution in [2.75, 3.05) is 0 Å². The van der Waals surface area contributed by atoms with Crippen LogP contribution < -0.4 is 4.18 Å². The highest BCUT2D eigenvalue weighted by Gasteiger charge is 2.17. The van der Waals surface area contributed by atoms with E-state index in [-0.39, 0.29) is 10.6 Å². The summed E-state index contributed by atoms with van der Waals surface area (Å²) in [5.41, 5.74) is 1.62. The van der Waals surface area contributed by atoms with Gasteiger partial charge in [-0.1, -0.05) is 64.5 Å². The second-order valence-electron chi connectivity index (χ2n) is 5.57. The molecule has 3 rings (SSSR count). The van der Waals surface area contributed by atoms with Crippen LogP contribution in [-0.4, -0.2) is 8.42 Å². The number of nitriles is 1. The Hall–Kier alpha value is -2.88. The van der Waals surface area contributed by atoms with Gasteiger partial charge < -0.3 is 4.18 Å². The lowest BCUT2D eigenvalue weighted by molar-refractivity contribution is 0.485. The highest BCUT2D eigenvalue weighted by atomic mass is 79.9. The molecule has 0 aliphatic carbocycles. The summed E-state index contributed by atoms with van der Waals surface area (Å²) >= 11 is 3.36. The molecule has 3 aromatic rings. The molecule has 3 aromatic carbocycles. The van der Waals surface area contributed by atoms with Crippen LogP contribution in [0.1, 0.15) is 11.1 Å². The molecule has 0 unspecified atom stereocenters. The minimum absolute atomic E-state index is 0.0669. The van der Waals surface area contributed by atoms with E-state index in [1.165, 1.54) is 12.1 Å². The summed E-state index contributed by atoms with van der Waals surface area (Å²) in [4.78, 5) is 0.0669. The summed E-state index contributed by atoms with van der Waals surface area (Å²) < 4.78 is 31.2. The Bertz CT molecular complexity index is 1120. The van der Waals surface area contributed by atoms with Gasteiger partial charge in [0, 0.05) is 10.0 Å². The Morgan fingerprint density at radius 1 is 0.926 bits per heavy atom. The first-order chi connectivity index (χ1) is 13.0. The Labute approximate surface area is 166 Å². The van der Waals surface area contributed by atoms with Crippen LogP contribution in [-0.2, 0) is 10.1 Å². The predicted octanol–water partition coefficient (Wildman–Crippen LogP) is 5.28. The van der Waals surface area contributed by atoms with E-state index in [0.717, 1.165) is 10.0 Å². The molecule has 0 aliphatic rings. The van der Waals surface area contributed by atoms with Gasteiger partial charge in [-0.3, -0.25) is 0 Å². The van der Waals surface area contributed by atoms with Crippen LogP contribution in [0.4, 0.5) is 0 Å². The average Bonchev–Trinajstić information content (AvgIpc) is 2.68. The summed E-state index contributed by atoms with van der Waals surface area (Å²) in [6.07, 6.45) is 1.61. The van der Waals surface area contributed by atoms with Crippen LogP contribution in [0, 0.1) is 11.3 Å². The summed E-state index contributed by atoms with van der Waals surface area (Å²) in [5, 5.41) is 9.52. The lowest BCUT2D eigenvalue weighted by Crippen LogP contribution is -2.10. The second kappa shape index (κ2) is 8.21. The molecule has 0 radical (unpaired) electrons. The Morgan fingerprint density at radius 3 is 2.22 bits per heavy atom. The average molecular weight is 440 g/mol. The number of allylic oxidation sites excluding steroid dienone is 1. The Morgan fingerprint density at radius 2 is 1.56 bits per heavy atom. The first-order valence-corrected chi connectivity index (χ1v) is 10.2. The summed E-state index contributed by atoms with van der Waals surface area (Å²) in [6, 6.07) is 24.1. The monoisotopic (exact) mass is 439 g/mol. The standard InChI is InChI=1S/C21H14BrNO3S/c22-19-12-10-16(11-13-19)18(15-23)14-17-6-4-5-9-21(17)26-27(24,25)20-7-2-1-3-8-20/h1-14H/b18-14+. The van der Waals surface area contributed by atoms with Crippen molar-refractivity contribution in [3.8, 4) is 11.8 Å². The molecule has 6 heteroatoms. The van der Waals surface area contributed by atoms with E-state index in [9.17, 15) is 13.7 Å². The molecule has 0 aromatic heterocycles. The summed E-state index contributed by atoms with van der Waals surface area (Å²) in [5.74, 6) is 0.159. The van der Waals surface area contributed by atoms with Crippen molar-refractivity contribution < 1.29 is 12.6 Å². The maximum absolute atomic E-state index is 12.5. The largest absolute Gasteiger partial charge is 0.378 e. The number of hydrogen-bond acceptors (Lipinski definition) is 4. The van der Waals surface area contributed by atoms with Gasteiger partial charge >= 0.3 is 10.1 Å².